The van der Waals surface area contributed by atoms with E-state index < -0.39 is 12.6 Å². The summed E-state index contributed by atoms with van der Waals surface area (Å²) in [6.07, 6.45) is 1.77. The van der Waals surface area contributed by atoms with Gasteiger partial charge in [0.15, 0.2) is 5.82 Å². The second kappa shape index (κ2) is 7.81. The average molecular weight is 415 g/mol. The lowest BCUT2D eigenvalue weighted by Gasteiger charge is -2.24. The minimum absolute atomic E-state index is 0.179. The number of nitrogens with one attached hydrogen (secondary N) is 1. The van der Waals surface area contributed by atoms with E-state index in [-0.39, 0.29) is 12.2 Å². The molecule has 158 valence electrons. The van der Waals surface area contributed by atoms with Crippen LogP contribution in [0.15, 0.2) is 29.6 Å². The van der Waals surface area contributed by atoms with Crippen molar-refractivity contribution in [1.29, 1.82) is 0 Å². The van der Waals surface area contributed by atoms with Crippen molar-refractivity contribution in [1.82, 2.24) is 19.9 Å². The molecule has 30 heavy (non-hydrogen) atoms. The minimum Gasteiger partial charge on any atom is -0.345 e. The number of halogens is 3. The Morgan fingerprint density at radius 3 is 2.73 bits per heavy atom. The number of nitrogens with zero attached hydrogens (tertiary/aromatic N) is 4. The van der Waals surface area contributed by atoms with Gasteiger partial charge < -0.3 is 4.98 Å². The van der Waals surface area contributed by atoms with Gasteiger partial charge in [-0.15, -0.1) is 0 Å². The van der Waals surface area contributed by atoms with Crippen LogP contribution in [0.2, 0.25) is 0 Å². The Morgan fingerprint density at radius 1 is 1.20 bits per heavy atom. The first-order valence-electron chi connectivity index (χ1n) is 10.1. The summed E-state index contributed by atoms with van der Waals surface area (Å²) in [5.74, 6) is 1.95. The summed E-state index contributed by atoms with van der Waals surface area (Å²) in [7, 11) is 0. The molecule has 8 heteroatoms. The van der Waals surface area contributed by atoms with Crippen molar-refractivity contribution in [2.75, 3.05) is 0 Å². The molecule has 0 saturated carbocycles. The molecule has 1 aliphatic rings. The van der Waals surface area contributed by atoms with Crippen molar-refractivity contribution in [3.63, 3.8) is 0 Å². The number of aromatic nitrogens is 4. The zero-order valence-corrected chi connectivity index (χ0v) is 17.2. The van der Waals surface area contributed by atoms with Crippen molar-refractivity contribution in [2.24, 2.45) is 16.8 Å². The Bertz CT molecular complexity index is 1100. The molecule has 0 fully saturated rings. The lowest BCUT2D eigenvalue weighted by Crippen LogP contribution is -2.20. The van der Waals surface area contributed by atoms with Crippen LogP contribution in [0.1, 0.15) is 45.0 Å². The number of hydrogen-bond donors (Lipinski definition) is 1. The van der Waals surface area contributed by atoms with Crippen LogP contribution in [0.3, 0.4) is 0 Å². The number of fused-ring (bicyclic) bond motifs is 2. The van der Waals surface area contributed by atoms with Crippen molar-refractivity contribution < 1.29 is 13.2 Å². The fraction of sp³-hybridized carbons (Fsp3) is 0.455. The highest BCUT2D eigenvalue weighted by Gasteiger charge is 2.27. The van der Waals surface area contributed by atoms with Gasteiger partial charge in [-0.2, -0.15) is 13.2 Å². The van der Waals surface area contributed by atoms with E-state index in [1.807, 2.05) is 0 Å². The predicted octanol–water partition coefficient (Wildman–Crippen LogP) is 5.83. The fourth-order valence-corrected chi connectivity index (χ4v) is 3.95. The molecular weight excluding hydrogens is 391 g/mol. The maximum Gasteiger partial charge on any atom is 0.389 e. The van der Waals surface area contributed by atoms with Crippen LogP contribution in [-0.4, -0.2) is 31.8 Å². The zero-order chi connectivity index (χ0) is 21.5. The minimum atomic E-state index is -4.22. The topological polar surface area (TPSA) is 66.8 Å². The summed E-state index contributed by atoms with van der Waals surface area (Å²) in [5.41, 5.74) is 4.57. The maximum atomic E-state index is 12.5. The van der Waals surface area contributed by atoms with Gasteiger partial charge in [0, 0.05) is 53.2 Å². The molecule has 0 unspecified atom stereocenters. The van der Waals surface area contributed by atoms with Gasteiger partial charge in [0.2, 0.25) is 0 Å². The Kier molecular flexibility index (Phi) is 5.34. The molecule has 3 aromatic heterocycles. The van der Waals surface area contributed by atoms with E-state index in [1.165, 1.54) is 0 Å². The van der Waals surface area contributed by atoms with Crippen molar-refractivity contribution >= 4 is 22.6 Å². The van der Waals surface area contributed by atoms with Crippen LogP contribution in [0.4, 0.5) is 19.0 Å². The Morgan fingerprint density at radius 2 is 2.00 bits per heavy atom. The van der Waals surface area contributed by atoms with E-state index in [1.54, 1.807) is 18.6 Å². The normalized spacial score (nSPS) is 16.8. The standard InChI is InChI=1S/C22H24F3N5/c1-12(2)6-14-7-15-8-16(9-27-20(15)29-13(14)3)17-10-28-21-18(17)11-26-19(30-21)4-5-22(23,24)25/h8-12,14H,4-7H2,1-3H3,(H,26,28,30)/t14-/m0/s1. The smallest absolute Gasteiger partial charge is 0.345 e. The molecule has 3 aromatic rings. The summed E-state index contributed by atoms with van der Waals surface area (Å²) in [5, 5.41) is 0.765. The van der Waals surface area contributed by atoms with Crippen LogP contribution < -0.4 is 0 Å². The molecule has 0 bridgehead atoms. The molecular formula is C22H24F3N5. The number of aliphatic imine (C=N–C) groups is 1. The second-order valence-corrected chi connectivity index (χ2v) is 8.36. The average Bonchev–Trinajstić information content (AvgIpc) is 3.09. The Balaban J connectivity index is 1.62. The molecule has 4 heterocycles. The van der Waals surface area contributed by atoms with Crippen molar-refractivity contribution in [2.45, 2.75) is 52.6 Å². The molecule has 1 aliphatic heterocycles. The lowest BCUT2D eigenvalue weighted by atomic mass is 9.85. The summed E-state index contributed by atoms with van der Waals surface area (Å²) in [4.78, 5) is 20.7. The molecule has 1 atom stereocenters. The van der Waals surface area contributed by atoms with E-state index in [2.05, 4.69) is 46.8 Å². The SMILES string of the molecule is CC1=Nc2ncc(-c3c[nH]c4nc(CCC(F)(F)F)ncc34)cc2C[C@@H]1CC(C)C. The van der Waals surface area contributed by atoms with Crippen LogP contribution in [-0.2, 0) is 12.8 Å². The molecule has 0 amide bonds. The molecule has 4 rings (SSSR count). The highest BCUT2D eigenvalue weighted by atomic mass is 19.4. The summed E-state index contributed by atoms with van der Waals surface area (Å²) >= 11 is 0. The molecule has 0 aromatic carbocycles. The third kappa shape index (κ3) is 4.37. The van der Waals surface area contributed by atoms with E-state index in [9.17, 15) is 13.2 Å². The summed E-state index contributed by atoms with van der Waals surface area (Å²) in [6.45, 7) is 6.50. The highest BCUT2D eigenvalue weighted by molar-refractivity contribution is 5.94. The third-order valence-corrected chi connectivity index (χ3v) is 5.46. The van der Waals surface area contributed by atoms with Gasteiger partial charge in [-0.25, -0.2) is 19.9 Å². The Hall–Kier alpha value is -2.77. The number of rotatable bonds is 5. The fourth-order valence-electron chi connectivity index (χ4n) is 3.95. The van der Waals surface area contributed by atoms with Crippen LogP contribution >= 0.6 is 0 Å². The van der Waals surface area contributed by atoms with Gasteiger partial charge >= 0.3 is 6.18 Å². The number of aryl methyl sites for hydroxylation is 1. The van der Waals surface area contributed by atoms with E-state index in [0.29, 0.717) is 17.5 Å². The van der Waals surface area contributed by atoms with Crippen LogP contribution in [0.25, 0.3) is 22.2 Å². The lowest BCUT2D eigenvalue weighted by molar-refractivity contribution is -0.134. The zero-order valence-electron chi connectivity index (χ0n) is 17.2. The first-order valence-corrected chi connectivity index (χ1v) is 10.1. The van der Waals surface area contributed by atoms with Gasteiger partial charge in [-0.05, 0) is 37.3 Å². The monoisotopic (exact) mass is 415 g/mol. The third-order valence-electron chi connectivity index (χ3n) is 5.46. The summed E-state index contributed by atoms with van der Waals surface area (Å²) in [6, 6.07) is 2.10. The predicted molar refractivity (Wildman–Crippen MR) is 111 cm³/mol. The Labute approximate surface area is 172 Å². The van der Waals surface area contributed by atoms with E-state index in [0.717, 1.165) is 46.4 Å². The van der Waals surface area contributed by atoms with Gasteiger partial charge in [-0.1, -0.05) is 13.8 Å². The van der Waals surface area contributed by atoms with Gasteiger partial charge in [0.25, 0.3) is 0 Å². The second-order valence-electron chi connectivity index (χ2n) is 8.36. The first kappa shape index (κ1) is 20.5. The highest BCUT2D eigenvalue weighted by Crippen LogP contribution is 2.35. The van der Waals surface area contributed by atoms with Crippen molar-refractivity contribution in [3.05, 3.63) is 36.0 Å². The number of H-pyrrole nitrogens is 1. The molecule has 0 saturated heterocycles. The summed E-state index contributed by atoms with van der Waals surface area (Å²) < 4.78 is 37.4. The largest absolute Gasteiger partial charge is 0.389 e. The van der Waals surface area contributed by atoms with Gasteiger partial charge in [-0.3, -0.25) is 0 Å². The quantitative estimate of drug-likeness (QED) is 0.570. The van der Waals surface area contributed by atoms with Gasteiger partial charge in [0.05, 0.1) is 6.42 Å². The van der Waals surface area contributed by atoms with Crippen LogP contribution in [0.5, 0.6) is 0 Å². The maximum absolute atomic E-state index is 12.5. The first-order chi connectivity index (χ1) is 14.2. The van der Waals surface area contributed by atoms with E-state index in [4.69, 9.17) is 4.99 Å². The number of pyridine rings is 1. The molecule has 0 aliphatic carbocycles. The molecule has 5 nitrogen and oxygen atoms in total. The number of hydrogen-bond acceptors (Lipinski definition) is 4. The molecule has 0 spiro atoms. The van der Waals surface area contributed by atoms with E-state index >= 15 is 0 Å². The number of alkyl halides is 3. The molecule has 1 N–H and O–H groups in total. The molecule has 0 radical (unpaired) electrons. The number of aromatic amines is 1. The van der Waals surface area contributed by atoms with Gasteiger partial charge in [0.1, 0.15) is 11.5 Å². The van der Waals surface area contributed by atoms with Crippen LogP contribution in [0, 0.1) is 11.8 Å². The van der Waals surface area contributed by atoms with Crippen molar-refractivity contribution in [3.8, 4) is 11.1 Å².